The summed E-state index contributed by atoms with van der Waals surface area (Å²) < 4.78 is 10.2. The Balaban J connectivity index is 1.45. The maximum atomic E-state index is 12.1. The molecule has 1 aliphatic heterocycles. The van der Waals surface area contributed by atoms with Crippen molar-refractivity contribution in [3.63, 3.8) is 0 Å². The molecule has 0 bridgehead atoms. The third-order valence-electron chi connectivity index (χ3n) is 4.12. The fraction of sp³-hybridized carbons (Fsp3) is 0.625. The Kier molecular flexibility index (Phi) is 5.77. The molecule has 0 atom stereocenters. The van der Waals surface area contributed by atoms with E-state index in [1.165, 1.54) is 0 Å². The number of anilines is 1. The van der Waals surface area contributed by atoms with Gasteiger partial charge in [-0.2, -0.15) is 4.98 Å². The number of amides is 1. The summed E-state index contributed by atoms with van der Waals surface area (Å²) in [6, 6.07) is 1.71. The van der Waals surface area contributed by atoms with Crippen molar-refractivity contribution in [2.45, 2.75) is 33.2 Å². The molecule has 0 saturated carbocycles. The van der Waals surface area contributed by atoms with Crippen molar-refractivity contribution in [1.82, 2.24) is 25.1 Å². The van der Waals surface area contributed by atoms with E-state index in [1.807, 2.05) is 13.8 Å². The van der Waals surface area contributed by atoms with Crippen LogP contribution in [0.1, 0.15) is 30.8 Å². The smallest absolute Gasteiger partial charge is 0.240 e. The van der Waals surface area contributed by atoms with E-state index >= 15 is 0 Å². The second-order valence-corrected chi connectivity index (χ2v) is 6.24. The van der Waals surface area contributed by atoms with Crippen LogP contribution in [0.2, 0.25) is 0 Å². The number of nitrogens with zero attached hydrogens (tertiary/aromatic N) is 5. The normalized spacial score (nSPS) is 16.7. The fourth-order valence-corrected chi connectivity index (χ4v) is 2.84. The van der Waals surface area contributed by atoms with Crippen molar-refractivity contribution < 1.29 is 13.8 Å². The summed E-state index contributed by atoms with van der Waals surface area (Å²) in [6.07, 6.45) is 1.74. The highest BCUT2D eigenvalue weighted by atomic mass is 16.5. The molecule has 9 heteroatoms. The molecule has 1 N–H and O–H groups in total. The van der Waals surface area contributed by atoms with Gasteiger partial charge in [0.2, 0.25) is 17.7 Å². The van der Waals surface area contributed by atoms with Gasteiger partial charge in [-0.1, -0.05) is 17.2 Å². The van der Waals surface area contributed by atoms with E-state index in [4.69, 9.17) is 9.05 Å². The predicted molar refractivity (Wildman–Crippen MR) is 89.9 cm³/mol. The molecule has 9 nitrogen and oxygen atoms in total. The van der Waals surface area contributed by atoms with Crippen LogP contribution in [0.4, 0.5) is 5.88 Å². The minimum atomic E-state index is -0.0876. The number of carbonyl (C=O) groups is 1. The van der Waals surface area contributed by atoms with Crippen molar-refractivity contribution >= 4 is 11.8 Å². The Hall–Kier alpha value is -2.26. The Morgan fingerprint density at radius 1 is 1.20 bits per heavy atom. The van der Waals surface area contributed by atoms with E-state index in [0.29, 0.717) is 24.9 Å². The Bertz CT molecular complexity index is 698. The van der Waals surface area contributed by atoms with Crippen LogP contribution in [0.25, 0.3) is 0 Å². The van der Waals surface area contributed by atoms with Crippen LogP contribution in [-0.4, -0.2) is 63.7 Å². The van der Waals surface area contributed by atoms with Gasteiger partial charge in [0, 0.05) is 25.6 Å². The molecule has 2 aromatic rings. The lowest BCUT2D eigenvalue weighted by Gasteiger charge is -2.20. The number of aromatic nitrogens is 3. The van der Waals surface area contributed by atoms with E-state index in [1.54, 1.807) is 6.07 Å². The van der Waals surface area contributed by atoms with Crippen molar-refractivity contribution in [3.05, 3.63) is 23.5 Å². The molecule has 0 unspecified atom stereocenters. The van der Waals surface area contributed by atoms with Crippen molar-refractivity contribution in [2.24, 2.45) is 0 Å². The Morgan fingerprint density at radius 3 is 2.72 bits per heavy atom. The highest BCUT2D eigenvalue weighted by Gasteiger charge is 2.19. The second-order valence-electron chi connectivity index (χ2n) is 6.24. The highest BCUT2D eigenvalue weighted by molar-refractivity contribution is 5.90. The van der Waals surface area contributed by atoms with Gasteiger partial charge in [0.05, 0.1) is 18.8 Å². The number of aryl methyl sites for hydroxylation is 2. The molecule has 0 radical (unpaired) electrons. The zero-order valence-corrected chi connectivity index (χ0v) is 14.7. The first-order valence-electron chi connectivity index (χ1n) is 8.61. The fourth-order valence-electron chi connectivity index (χ4n) is 2.84. The average Bonchev–Trinajstić information content (AvgIpc) is 3.14. The lowest BCUT2D eigenvalue weighted by atomic mass is 10.3. The lowest BCUT2D eigenvalue weighted by molar-refractivity contribution is -0.117. The third kappa shape index (κ3) is 5.10. The van der Waals surface area contributed by atoms with Crippen LogP contribution in [0.15, 0.2) is 15.1 Å². The molecule has 1 aliphatic rings. The van der Waals surface area contributed by atoms with E-state index in [0.717, 1.165) is 50.5 Å². The minimum absolute atomic E-state index is 0.0876. The summed E-state index contributed by atoms with van der Waals surface area (Å²) in [6.45, 7) is 8.35. The van der Waals surface area contributed by atoms with Crippen LogP contribution >= 0.6 is 0 Å². The number of carbonyl (C=O) groups excluding carboxylic acids is 1. The summed E-state index contributed by atoms with van der Waals surface area (Å²) in [5.74, 6) is 1.70. The number of hydrogen-bond donors (Lipinski definition) is 1. The first-order chi connectivity index (χ1) is 12.1. The molecule has 1 saturated heterocycles. The molecule has 0 spiro atoms. The molecule has 3 rings (SSSR count). The molecule has 1 amide bonds. The van der Waals surface area contributed by atoms with Gasteiger partial charge < -0.3 is 9.05 Å². The van der Waals surface area contributed by atoms with Gasteiger partial charge >= 0.3 is 0 Å². The molecular weight excluding hydrogens is 324 g/mol. The number of rotatable bonds is 6. The van der Waals surface area contributed by atoms with E-state index in [9.17, 15) is 4.79 Å². The van der Waals surface area contributed by atoms with Crippen molar-refractivity contribution in [2.75, 3.05) is 38.0 Å². The summed E-state index contributed by atoms with van der Waals surface area (Å²) in [4.78, 5) is 20.9. The number of hydrogen-bond acceptors (Lipinski definition) is 8. The monoisotopic (exact) mass is 348 g/mol. The van der Waals surface area contributed by atoms with Gasteiger partial charge in [-0.3, -0.25) is 19.9 Å². The van der Waals surface area contributed by atoms with Crippen molar-refractivity contribution in [3.8, 4) is 0 Å². The zero-order chi connectivity index (χ0) is 17.6. The van der Waals surface area contributed by atoms with Gasteiger partial charge in [0.25, 0.3) is 0 Å². The van der Waals surface area contributed by atoms with Gasteiger partial charge in [-0.15, -0.1) is 0 Å². The van der Waals surface area contributed by atoms with E-state index in [-0.39, 0.29) is 5.91 Å². The van der Waals surface area contributed by atoms with Gasteiger partial charge in [0.15, 0.2) is 5.82 Å². The van der Waals surface area contributed by atoms with Gasteiger partial charge in [-0.05, 0) is 26.4 Å². The standard InChI is InChI=1S/C16H24N6O3/c1-3-15-17-13(20-24-15)10-21-5-4-6-22(8-7-21)11-14(23)18-16-9-12(2)19-25-16/h9H,3-8,10-11H2,1-2H3,(H,18,23). The molecule has 2 aromatic heterocycles. The summed E-state index contributed by atoms with van der Waals surface area (Å²) in [7, 11) is 0. The molecular formula is C16H24N6O3. The zero-order valence-electron chi connectivity index (χ0n) is 14.7. The second kappa shape index (κ2) is 8.21. The van der Waals surface area contributed by atoms with Crippen LogP contribution in [-0.2, 0) is 17.8 Å². The average molecular weight is 348 g/mol. The molecule has 136 valence electrons. The van der Waals surface area contributed by atoms with E-state index in [2.05, 4.69) is 30.4 Å². The van der Waals surface area contributed by atoms with E-state index < -0.39 is 0 Å². The molecule has 0 aliphatic carbocycles. The molecule has 0 aromatic carbocycles. The summed E-state index contributed by atoms with van der Waals surface area (Å²) >= 11 is 0. The maximum Gasteiger partial charge on any atom is 0.240 e. The maximum absolute atomic E-state index is 12.1. The molecule has 3 heterocycles. The predicted octanol–water partition coefficient (Wildman–Crippen LogP) is 1.07. The largest absolute Gasteiger partial charge is 0.339 e. The minimum Gasteiger partial charge on any atom is -0.339 e. The molecule has 25 heavy (non-hydrogen) atoms. The van der Waals surface area contributed by atoms with Crippen molar-refractivity contribution in [1.29, 1.82) is 0 Å². The molecule has 1 fully saturated rings. The van der Waals surface area contributed by atoms with Crippen LogP contribution in [0.3, 0.4) is 0 Å². The topological polar surface area (TPSA) is 101 Å². The lowest BCUT2D eigenvalue weighted by Crippen LogP contribution is -2.36. The summed E-state index contributed by atoms with van der Waals surface area (Å²) in [5.41, 5.74) is 0.744. The third-order valence-corrected chi connectivity index (χ3v) is 4.12. The number of nitrogens with one attached hydrogen (secondary N) is 1. The van der Waals surface area contributed by atoms with Crippen LogP contribution in [0, 0.1) is 6.92 Å². The Labute approximate surface area is 146 Å². The van der Waals surface area contributed by atoms with Gasteiger partial charge in [-0.25, -0.2) is 0 Å². The first-order valence-corrected chi connectivity index (χ1v) is 8.61. The summed E-state index contributed by atoms with van der Waals surface area (Å²) in [5, 5.41) is 10.5. The SMILES string of the molecule is CCc1nc(CN2CCCN(CC(=O)Nc3cc(C)no3)CC2)no1. The van der Waals surface area contributed by atoms with Crippen LogP contribution < -0.4 is 5.32 Å². The Morgan fingerprint density at radius 2 is 2.00 bits per heavy atom. The highest BCUT2D eigenvalue weighted by Crippen LogP contribution is 2.10. The quantitative estimate of drug-likeness (QED) is 0.827. The van der Waals surface area contributed by atoms with Crippen LogP contribution in [0.5, 0.6) is 0 Å². The van der Waals surface area contributed by atoms with Gasteiger partial charge in [0.1, 0.15) is 0 Å². The first kappa shape index (κ1) is 17.6.